The fourth-order valence-corrected chi connectivity index (χ4v) is 4.00. The maximum absolute atomic E-state index is 12.9. The van der Waals surface area contributed by atoms with Gasteiger partial charge in [0.15, 0.2) is 0 Å². The van der Waals surface area contributed by atoms with E-state index in [-0.39, 0.29) is 23.9 Å². The maximum Gasteiger partial charge on any atom is 0.253 e. The van der Waals surface area contributed by atoms with Crippen LogP contribution in [0.2, 0.25) is 0 Å². The number of hydrogen-bond acceptors (Lipinski definition) is 3. The highest BCUT2D eigenvalue weighted by atomic mass is 16.2. The number of hydrogen-bond donors (Lipinski definition) is 2. The number of benzene rings is 2. The molecule has 6 heteroatoms. The quantitative estimate of drug-likeness (QED) is 0.696. The Labute approximate surface area is 170 Å². The summed E-state index contributed by atoms with van der Waals surface area (Å²) >= 11 is 0. The van der Waals surface area contributed by atoms with Crippen molar-refractivity contribution in [1.29, 1.82) is 0 Å². The molecule has 2 aromatic carbocycles. The molecule has 1 aliphatic carbocycles. The second-order valence-electron chi connectivity index (χ2n) is 7.68. The minimum atomic E-state index is 0.00799. The third-order valence-electron chi connectivity index (χ3n) is 5.75. The Kier molecular flexibility index (Phi) is 5.34. The highest BCUT2D eigenvalue weighted by Gasteiger charge is 2.30. The summed E-state index contributed by atoms with van der Waals surface area (Å²) < 4.78 is 0. The number of imidazole rings is 1. The molecule has 1 aromatic heterocycles. The predicted molar refractivity (Wildman–Crippen MR) is 113 cm³/mol. The van der Waals surface area contributed by atoms with Crippen LogP contribution < -0.4 is 5.32 Å². The fraction of sp³-hybridized carbons (Fsp3) is 0.348. The highest BCUT2D eigenvalue weighted by Crippen LogP contribution is 2.26. The van der Waals surface area contributed by atoms with E-state index in [0.717, 1.165) is 41.7 Å². The van der Waals surface area contributed by atoms with E-state index in [0.29, 0.717) is 12.0 Å². The van der Waals surface area contributed by atoms with Crippen LogP contribution in [-0.2, 0) is 4.79 Å². The van der Waals surface area contributed by atoms with Crippen molar-refractivity contribution in [3.8, 4) is 11.4 Å². The van der Waals surface area contributed by atoms with Gasteiger partial charge in [-0.1, -0.05) is 31.2 Å². The van der Waals surface area contributed by atoms with E-state index in [2.05, 4.69) is 15.3 Å². The van der Waals surface area contributed by atoms with Crippen LogP contribution in [0.15, 0.2) is 48.5 Å². The van der Waals surface area contributed by atoms with E-state index in [9.17, 15) is 9.59 Å². The van der Waals surface area contributed by atoms with Gasteiger partial charge in [-0.2, -0.15) is 0 Å². The van der Waals surface area contributed by atoms with E-state index >= 15 is 0 Å². The predicted octanol–water partition coefficient (Wildman–Crippen LogP) is 3.75. The minimum Gasteiger partial charge on any atom is -0.353 e. The number of carbonyl (C=O) groups excluding carboxylic acids is 2. The summed E-state index contributed by atoms with van der Waals surface area (Å²) in [5.41, 5.74) is 3.53. The summed E-state index contributed by atoms with van der Waals surface area (Å²) in [6, 6.07) is 15.8. The largest absolute Gasteiger partial charge is 0.353 e. The lowest BCUT2D eigenvalue weighted by Crippen LogP contribution is -2.38. The second-order valence-corrected chi connectivity index (χ2v) is 7.68. The van der Waals surface area contributed by atoms with E-state index < -0.39 is 0 Å². The van der Waals surface area contributed by atoms with Gasteiger partial charge in [0.05, 0.1) is 11.0 Å². The molecule has 3 aromatic rings. The molecule has 0 spiro atoms. The van der Waals surface area contributed by atoms with Crippen LogP contribution in [0.25, 0.3) is 22.4 Å². The molecular weight excluding hydrogens is 364 g/mol. The number of fused-ring (bicyclic) bond motifs is 1. The second kappa shape index (κ2) is 8.07. The van der Waals surface area contributed by atoms with E-state index in [1.54, 1.807) is 0 Å². The molecule has 4 rings (SSSR count). The molecule has 6 nitrogen and oxygen atoms in total. The smallest absolute Gasteiger partial charge is 0.253 e. The lowest BCUT2D eigenvalue weighted by atomic mass is 10.1. The monoisotopic (exact) mass is 390 g/mol. The van der Waals surface area contributed by atoms with Gasteiger partial charge < -0.3 is 15.2 Å². The van der Waals surface area contributed by atoms with Crippen molar-refractivity contribution in [2.45, 2.75) is 44.7 Å². The standard InChI is InChI=1S/C23H26N4O2/c1-3-21(28)24-17-12-13-18(14-17)27(2)23(29)16-10-8-15(9-11-16)22-25-19-6-4-5-7-20(19)26-22/h4-11,17-18H,3,12-14H2,1-2H3,(H,24,28)(H,25,26)/t17-,18+/m0/s1. The third kappa shape index (κ3) is 4.01. The Morgan fingerprint density at radius 3 is 2.62 bits per heavy atom. The zero-order valence-corrected chi connectivity index (χ0v) is 16.8. The summed E-state index contributed by atoms with van der Waals surface area (Å²) in [6.45, 7) is 1.85. The van der Waals surface area contributed by atoms with Gasteiger partial charge in [0.1, 0.15) is 5.82 Å². The minimum absolute atomic E-state index is 0.00799. The molecule has 0 bridgehead atoms. The van der Waals surface area contributed by atoms with Crippen LogP contribution in [0, 0.1) is 0 Å². The molecule has 0 saturated heterocycles. The topological polar surface area (TPSA) is 78.1 Å². The first kappa shape index (κ1) is 19.2. The molecular formula is C23H26N4O2. The first-order chi connectivity index (χ1) is 14.0. The molecule has 1 fully saturated rings. The lowest BCUT2D eigenvalue weighted by molar-refractivity contribution is -0.121. The maximum atomic E-state index is 12.9. The Bertz CT molecular complexity index is 992. The van der Waals surface area contributed by atoms with Crippen molar-refractivity contribution in [2.75, 3.05) is 7.05 Å². The van der Waals surface area contributed by atoms with Crippen LogP contribution in [0.3, 0.4) is 0 Å². The molecule has 1 saturated carbocycles. The van der Waals surface area contributed by atoms with Crippen molar-refractivity contribution < 1.29 is 9.59 Å². The normalized spacial score (nSPS) is 18.7. The van der Waals surface area contributed by atoms with Gasteiger partial charge in [0.2, 0.25) is 5.91 Å². The Balaban J connectivity index is 1.43. The molecule has 2 atom stereocenters. The number of para-hydroxylation sites is 2. The first-order valence-corrected chi connectivity index (χ1v) is 10.2. The van der Waals surface area contributed by atoms with Crippen LogP contribution >= 0.6 is 0 Å². The zero-order chi connectivity index (χ0) is 20.4. The number of amides is 2. The van der Waals surface area contributed by atoms with Gasteiger partial charge in [-0.05, 0) is 43.5 Å². The molecule has 0 aliphatic heterocycles. The molecule has 29 heavy (non-hydrogen) atoms. The Morgan fingerprint density at radius 1 is 1.14 bits per heavy atom. The number of nitrogens with zero attached hydrogens (tertiary/aromatic N) is 2. The summed E-state index contributed by atoms with van der Waals surface area (Å²) in [4.78, 5) is 34.3. The number of aromatic amines is 1. The third-order valence-corrected chi connectivity index (χ3v) is 5.75. The summed E-state index contributed by atoms with van der Waals surface area (Å²) in [6.07, 6.45) is 3.13. The van der Waals surface area contributed by atoms with Crippen LogP contribution in [0.4, 0.5) is 0 Å². The average molecular weight is 390 g/mol. The van der Waals surface area contributed by atoms with Gasteiger partial charge in [0.25, 0.3) is 5.91 Å². The number of carbonyl (C=O) groups is 2. The van der Waals surface area contributed by atoms with Crippen LogP contribution in [0.5, 0.6) is 0 Å². The van der Waals surface area contributed by atoms with Gasteiger partial charge >= 0.3 is 0 Å². The number of H-pyrrole nitrogens is 1. The van der Waals surface area contributed by atoms with Gasteiger partial charge in [-0.15, -0.1) is 0 Å². The van der Waals surface area contributed by atoms with Crippen LogP contribution in [-0.4, -0.2) is 45.8 Å². The molecule has 1 heterocycles. The molecule has 1 aliphatic rings. The molecule has 0 unspecified atom stereocenters. The molecule has 2 amide bonds. The van der Waals surface area contributed by atoms with Crippen molar-refractivity contribution in [3.05, 3.63) is 54.1 Å². The van der Waals surface area contributed by atoms with E-state index in [4.69, 9.17) is 0 Å². The van der Waals surface area contributed by atoms with Crippen LogP contribution in [0.1, 0.15) is 43.0 Å². The molecule has 2 N–H and O–H groups in total. The molecule has 0 radical (unpaired) electrons. The number of aromatic nitrogens is 2. The summed E-state index contributed by atoms with van der Waals surface area (Å²) in [7, 11) is 1.85. The van der Waals surface area contributed by atoms with Crippen molar-refractivity contribution >= 4 is 22.8 Å². The Hall–Kier alpha value is -3.15. The SMILES string of the molecule is CCC(=O)N[C@H]1CC[C@@H](N(C)C(=O)c2ccc(-c3nc4ccccc4[nH]3)cc2)C1. The Morgan fingerprint density at radius 2 is 1.90 bits per heavy atom. The lowest BCUT2D eigenvalue weighted by Gasteiger charge is -2.25. The average Bonchev–Trinajstić information content (AvgIpc) is 3.39. The van der Waals surface area contributed by atoms with Crippen molar-refractivity contribution in [2.24, 2.45) is 0 Å². The van der Waals surface area contributed by atoms with Gasteiger partial charge in [-0.3, -0.25) is 9.59 Å². The number of nitrogens with one attached hydrogen (secondary N) is 2. The fourth-order valence-electron chi connectivity index (χ4n) is 4.00. The summed E-state index contributed by atoms with van der Waals surface area (Å²) in [5.74, 6) is 0.878. The zero-order valence-electron chi connectivity index (χ0n) is 16.8. The number of rotatable bonds is 5. The highest BCUT2D eigenvalue weighted by molar-refractivity contribution is 5.94. The van der Waals surface area contributed by atoms with E-state index in [1.165, 1.54) is 0 Å². The van der Waals surface area contributed by atoms with Crippen molar-refractivity contribution in [1.82, 2.24) is 20.2 Å². The summed E-state index contributed by atoms with van der Waals surface area (Å²) in [5, 5.41) is 3.04. The van der Waals surface area contributed by atoms with E-state index in [1.807, 2.05) is 67.4 Å². The molecule has 150 valence electrons. The first-order valence-electron chi connectivity index (χ1n) is 10.2. The van der Waals surface area contributed by atoms with Gasteiger partial charge in [0, 0.05) is 36.7 Å². The van der Waals surface area contributed by atoms with Crippen molar-refractivity contribution in [3.63, 3.8) is 0 Å². The van der Waals surface area contributed by atoms with Gasteiger partial charge in [-0.25, -0.2) is 4.98 Å².